The van der Waals surface area contributed by atoms with E-state index in [1.165, 1.54) is 6.33 Å². The Balaban J connectivity index is 1.92. The summed E-state index contributed by atoms with van der Waals surface area (Å²) >= 11 is 0. The van der Waals surface area contributed by atoms with Gasteiger partial charge in [0.1, 0.15) is 18.8 Å². The molecule has 0 aromatic carbocycles. The van der Waals surface area contributed by atoms with E-state index in [0.29, 0.717) is 29.5 Å². The van der Waals surface area contributed by atoms with Crippen molar-refractivity contribution >= 4 is 39.5 Å². The molecular formula is C22H39N5O3Si2. The Morgan fingerprint density at radius 2 is 1.62 bits per heavy atom. The highest BCUT2D eigenvalue weighted by molar-refractivity contribution is 6.74. The molecule has 2 aromatic heterocycles. The van der Waals surface area contributed by atoms with Gasteiger partial charge in [-0.3, -0.25) is 4.57 Å². The Hall–Kier alpha value is -1.76. The summed E-state index contributed by atoms with van der Waals surface area (Å²) in [4.78, 5) is 12.8. The summed E-state index contributed by atoms with van der Waals surface area (Å²) in [7, 11) is -3.98. The third-order valence-corrected chi connectivity index (χ3v) is 16.2. The standard InChI is InChI=1S/C22H39N5O3Si2/c1-21(2,3)31(7,8)28-12-16-15(30-32(9,10)22(4,5)6)11-17(29-16)27-14-26-18-19(23)24-13-25-20(18)27/h11,13-16H,12H2,1-10H3,(H2,23,24,25)/t15-,16+/m0/s1. The Morgan fingerprint density at radius 3 is 2.22 bits per heavy atom. The number of imidazole rings is 1. The Morgan fingerprint density at radius 1 is 1.00 bits per heavy atom. The predicted molar refractivity (Wildman–Crippen MR) is 134 cm³/mol. The van der Waals surface area contributed by atoms with E-state index in [0.717, 1.165) is 0 Å². The van der Waals surface area contributed by atoms with Gasteiger partial charge in [0.2, 0.25) is 0 Å². The molecule has 0 radical (unpaired) electrons. The molecule has 0 spiro atoms. The van der Waals surface area contributed by atoms with Crippen LogP contribution in [0.4, 0.5) is 5.82 Å². The molecule has 0 unspecified atom stereocenters. The van der Waals surface area contributed by atoms with Gasteiger partial charge in [0, 0.05) is 6.08 Å². The van der Waals surface area contributed by atoms with Gasteiger partial charge in [-0.1, -0.05) is 41.5 Å². The first-order chi connectivity index (χ1) is 14.5. The minimum Gasteiger partial charge on any atom is -0.470 e. The molecule has 0 amide bonds. The van der Waals surface area contributed by atoms with Gasteiger partial charge >= 0.3 is 0 Å². The van der Waals surface area contributed by atoms with E-state index in [4.69, 9.17) is 19.3 Å². The number of hydrogen-bond acceptors (Lipinski definition) is 7. The zero-order valence-corrected chi connectivity index (χ0v) is 23.2. The first kappa shape index (κ1) is 24.9. The van der Waals surface area contributed by atoms with Crippen LogP contribution in [0.2, 0.25) is 36.3 Å². The molecule has 2 atom stereocenters. The monoisotopic (exact) mass is 477 g/mol. The molecule has 3 rings (SSSR count). The van der Waals surface area contributed by atoms with Crippen LogP contribution in [0.3, 0.4) is 0 Å². The Bertz CT molecular complexity index is 1010. The van der Waals surface area contributed by atoms with Gasteiger partial charge < -0.3 is 19.3 Å². The summed E-state index contributed by atoms with van der Waals surface area (Å²) in [5, 5.41) is 0.199. The van der Waals surface area contributed by atoms with Crippen molar-refractivity contribution in [1.82, 2.24) is 19.5 Å². The first-order valence-corrected chi connectivity index (χ1v) is 17.0. The second kappa shape index (κ2) is 8.23. The molecule has 1 aliphatic heterocycles. The highest BCUT2D eigenvalue weighted by Crippen LogP contribution is 2.41. The average Bonchev–Trinajstić information content (AvgIpc) is 3.22. The van der Waals surface area contributed by atoms with Crippen molar-refractivity contribution in [3.05, 3.63) is 18.7 Å². The van der Waals surface area contributed by atoms with Gasteiger partial charge in [-0.25, -0.2) is 15.0 Å². The SMILES string of the molecule is CC(C)(C)[Si](C)(C)OC[C@H]1OC(n2cnc3c(N)ncnc32)=C[C@@H]1O[Si](C)(C)C(C)(C)C. The summed E-state index contributed by atoms with van der Waals surface area (Å²) in [5.74, 6) is 0.984. The second-order valence-electron chi connectivity index (χ2n) is 11.6. The lowest BCUT2D eigenvalue weighted by Crippen LogP contribution is -2.48. The van der Waals surface area contributed by atoms with Crippen molar-refractivity contribution in [2.75, 3.05) is 12.3 Å². The van der Waals surface area contributed by atoms with Crippen LogP contribution < -0.4 is 5.73 Å². The number of rotatable bonds is 6. The van der Waals surface area contributed by atoms with Crippen LogP contribution in [0.5, 0.6) is 0 Å². The van der Waals surface area contributed by atoms with Gasteiger partial charge in [0.05, 0.1) is 6.61 Å². The minimum atomic E-state index is -2.04. The maximum Gasteiger partial charge on any atom is 0.199 e. The van der Waals surface area contributed by atoms with Crippen LogP contribution in [0.1, 0.15) is 41.5 Å². The summed E-state index contributed by atoms with van der Waals surface area (Å²) in [6.45, 7) is 22.9. The first-order valence-electron chi connectivity index (χ1n) is 11.2. The van der Waals surface area contributed by atoms with Crippen molar-refractivity contribution < 1.29 is 13.6 Å². The molecule has 0 saturated heterocycles. The van der Waals surface area contributed by atoms with Crippen molar-refractivity contribution in [1.29, 1.82) is 0 Å². The van der Waals surface area contributed by atoms with E-state index in [1.54, 1.807) is 6.33 Å². The molecule has 0 aliphatic carbocycles. The Labute approximate surface area is 193 Å². The molecule has 178 valence electrons. The fraction of sp³-hybridized carbons (Fsp3) is 0.682. The van der Waals surface area contributed by atoms with Crippen LogP contribution in [0, 0.1) is 0 Å². The fourth-order valence-corrected chi connectivity index (χ4v) is 5.19. The van der Waals surface area contributed by atoms with E-state index in [1.807, 2.05) is 10.6 Å². The van der Waals surface area contributed by atoms with E-state index >= 15 is 0 Å². The zero-order valence-electron chi connectivity index (χ0n) is 21.2. The maximum atomic E-state index is 6.77. The molecule has 10 heteroatoms. The third kappa shape index (κ3) is 4.78. The Kier molecular flexibility index (Phi) is 6.40. The quantitative estimate of drug-likeness (QED) is 0.583. The molecule has 0 saturated carbocycles. The van der Waals surface area contributed by atoms with E-state index in [-0.39, 0.29) is 22.3 Å². The van der Waals surface area contributed by atoms with E-state index < -0.39 is 16.6 Å². The van der Waals surface area contributed by atoms with Crippen molar-refractivity contribution in [2.24, 2.45) is 0 Å². The lowest BCUT2D eigenvalue weighted by Gasteiger charge is -2.40. The van der Waals surface area contributed by atoms with E-state index in [2.05, 4.69) is 82.7 Å². The van der Waals surface area contributed by atoms with Crippen LogP contribution in [0.25, 0.3) is 17.0 Å². The zero-order chi connectivity index (χ0) is 24.1. The highest BCUT2D eigenvalue weighted by Gasteiger charge is 2.44. The number of nitrogen functional groups attached to an aromatic ring is 1. The van der Waals surface area contributed by atoms with Crippen LogP contribution in [-0.2, 0) is 13.6 Å². The van der Waals surface area contributed by atoms with Gasteiger partial charge in [-0.05, 0) is 36.3 Å². The molecule has 0 bridgehead atoms. The molecule has 32 heavy (non-hydrogen) atoms. The normalized spacial score (nSPS) is 20.5. The third-order valence-electron chi connectivity index (χ3n) is 7.20. The molecule has 3 heterocycles. The summed E-state index contributed by atoms with van der Waals surface area (Å²) in [5.41, 5.74) is 7.14. The van der Waals surface area contributed by atoms with Crippen molar-refractivity contribution in [3.63, 3.8) is 0 Å². The molecule has 2 N–H and O–H groups in total. The lowest BCUT2D eigenvalue weighted by atomic mass is 10.2. The maximum absolute atomic E-state index is 6.77. The van der Waals surface area contributed by atoms with Crippen LogP contribution in [-0.4, -0.2) is 55.0 Å². The van der Waals surface area contributed by atoms with Crippen LogP contribution in [0.15, 0.2) is 18.7 Å². The summed E-state index contributed by atoms with van der Waals surface area (Å²) < 4.78 is 21.5. The number of aromatic nitrogens is 4. The highest BCUT2D eigenvalue weighted by atomic mass is 28.4. The number of anilines is 1. The van der Waals surface area contributed by atoms with Gasteiger partial charge in [-0.15, -0.1) is 0 Å². The number of fused-ring (bicyclic) bond motifs is 1. The number of hydrogen-bond donors (Lipinski definition) is 1. The van der Waals surface area contributed by atoms with Gasteiger partial charge in [0.25, 0.3) is 0 Å². The van der Waals surface area contributed by atoms with Crippen LogP contribution >= 0.6 is 0 Å². The predicted octanol–water partition coefficient (Wildman–Crippen LogP) is 5.02. The summed E-state index contributed by atoms with van der Waals surface area (Å²) in [6.07, 6.45) is 4.67. The fourth-order valence-electron chi connectivity index (χ4n) is 2.92. The van der Waals surface area contributed by atoms with Gasteiger partial charge in [0.15, 0.2) is 45.6 Å². The molecule has 1 aliphatic rings. The number of ether oxygens (including phenoxy) is 1. The number of nitrogens with two attached hydrogens (primary N) is 1. The largest absolute Gasteiger partial charge is 0.470 e. The summed E-state index contributed by atoms with van der Waals surface area (Å²) in [6, 6.07) is 0. The minimum absolute atomic E-state index is 0.0812. The smallest absolute Gasteiger partial charge is 0.199 e. The molecule has 0 fully saturated rings. The second-order valence-corrected chi connectivity index (χ2v) is 21.2. The van der Waals surface area contributed by atoms with Crippen molar-refractivity contribution in [3.8, 4) is 0 Å². The topological polar surface area (TPSA) is 97.3 Å². The van der Waals surface area contributed by atoms with Gasteiger partial charge in [-0.2, -0.15) is 0 Å². The van der Waals surface area contributed by atoms with E-state index in [9.17, 15) is 0 Å². The average molecular weight is 478 g/mol. The number of nitrogens with zero attached hydrogens (tertiary/aromatic N) is 4. The molecule has 8 nitrogen and oxygen atoms in total. The lowest BCUT2D eigenvalue weighted by molar-refractivity contribution is 0.0344. The molecule has 2 aromatic rings. The van der Waals surface area contributed by atoms with Crippen molar-refractivity contribution in [2.45, 2.75) is 90.0 Å². The molecular weight excluding hydrogens is 438 g/mol.